The third kappa shape index (κ3) is 5.40. The number of anilines is 1. The Morgan fingerprint density at radius 2 is 1.53 bits per heavy atom. The van der Waals surface area contributed by atoms with E-state index < -0.39 is 5.97 Å². The van der Waals surface area contributed by atoms with Crippen LogP contribution in [0, 0.1) is 0 Å². The number of esters is 1. The van der Waals surface area contributed by atoms with Crippen molar-refractivity contribution in [1.82, 2.24) is 14.9 Å². The molecule has 0 aliphatic carbocycles. The first-order chi connectivity index (χ1) is 15.7. The number of amides is 1. The average molecular weight is 432 g/mol. The molecule has 0 unspecified atom stereocenters. The van der Waals surface area contributed by atoms with Crippen molar-refractivity contribution in [2.75, 3.05) is 37.7 Å². The minimum Gasteiger partial charge on any atom is -0.489 e. The molecule has 0 N–H and O–H groups in total. The van der Waals surface area contributed by atoms with Gasteiger partial charge in [0.2, 0.25) is 5.95 Å². The fraction of sp³-hybridized carbons (Fsp3) is 0.250. The molecule has 0 atom stereocenters. The van der Waals surface area contributed by atoms with Crippen molar-refractivity contribution in [3.05, 3.63) is 84.2 Å². The summed E-state index contributed by atoms with van der Waals surface area (Å²) < 4.78 is 11.1. The highest BCUT2D eigenvalue weighted by molar-refractivity contribution is 5.92. The molecule has 3 aromatic rings. The molecule has 1 amide bonds. The first-order valence-electron chi connectivity index (χ1n) is 10.4. The quantitative estimate of drug-likeness (QED) is 0.531. The van der Waals surface area contributed by atoms with Crippen LogP contribution < -0.4 is 9.64 Å². The molecule has 1 saturated heterocycles. The lowest BCUT2D eigenvalue weighted by Crippen LogP contribution is -2.50. The van der Waals surface area contributed by atoms with Gasteiger partial charge in [0.15, 0.2) is 6.61 Å². The summed E-state index contributed by atoms with van der Waals surface area (Å²) in [4.78, 5) is 37.4. The highest BCUT2D eigenvalue weighted by atomic mass is 16.5. The van der Waals surface area contributed by atoms with Crippen molar-refractivity contribution in [3.63, 3.8) is 0 Å². The van der Waals surface area contributed by atoms with E-state index >= 15 is 0 Å². The van der Waals surface area contributed by atoms with Gasteiger partial charge in [-0.15, -0.1) is 0 Å². The van der Waals surface area contributed by atoms with Crippen LogP contribution in [0.3, 0.4) is 0 Å². The maximum Gasteiger partial charge on any atom is 0.339 e. The number of carbonyl (C=O) groups is 2. The molecule has 0 saturated carbocycles. The Balaban J connectivity index is 1.28. The van der Waals surface area contributed by atoms with Crippen molar-refractivity contribution < 1.29 is 19.1 Å². The number of hydrogen-bond acceptors (Lipinski definition) is 7. The van der Waals surface area contributed by atoms with Gasteiger partial charge in [-0.2, -0.15) is 0 Å². The molecule has 0 bridgehead atoms. The zero-order chi connectivity index (χ0) is 22.2. The number of benzene rings is 2. The van der Waals surface area contributed by atoms with E-state index in [-0.39, 0.29) is 19.1 Å². The second kappa shape index (κ2) is 10.4. The summed E-state index contributed by atoms with van der Waals surface area (Å²) in [7, 11) is 0. The average Bonchev–Trinajstić information content (AvgIpc) is 2.87. The van der Waals surface area contributed by atoms with Gasteiger partial charge < -0.3 is 19.3 Å². The van der Waals surface area contributed by atoms with Crippen molar-refractivity contribution in [1.29, 1.82) is 0 Å². The maximum absolute atomic E-state index is 12.6. The van der Waals surface area contributed by atoms with Gasteiger partial charge in [-0.1, -0.05) is 36.4 Å². The normalized spacial score (nSPS) is 13.5. The van der Waals surface area contributed by atoms with Gasteiger partial charge in [0.25, 0.3) is 5.91 Å². The third-order valence-corrected chi connectivity index (χ3v) is 5.17. The summed E-state index contributed by atoms with van der Waals surface area (Å²) in [6.07, 6.45) is 3.39. The molecule has 1 aliphatic rings. The first kappa shape index (κ1) is 21.3. The Kier molecular flexibility index (Phi) is 6.91. The van der Waals surface area contributed by atoms with E-state index in [1.54, 1.807) is 35.5 Å². The van der Waals surface area contributed by atoms with Gasteiger partial charge in [0.1, 0.15) is 12.4 Å². The Morgan fingerprint density at radius 1 is 0.844 bits per heavy atom. The lowest BCUT2D eigenvalue weighted by Gasteiger charge is -2.34. The van der Waals surface area contributed by atoms with Gasteiger partial charge in [0.05, 0.1) is 5.56 Å². The van der Waals surface area contributed by atoms with E-state index in [2.05, 4.69) is 9.97 Å². The zero-order valence-electron chi connectivity index (χ0n) is 17.6. The van der Waals surface area contributed by atoms with Crippen LogP contribution >= 0.6 is 0 Å². The number of piperazine rings is 1. The lowest BCUT2D eigenvalue weighted by molar-refractivity contribution is -0.134. The summed E-state index contributed by atoms with van der Waals surface area (Å²) in [6.45, 7) is 2.24. The van der Waals surface area contributed by atoms with Crippen molar-refractivity contribution >= 4 is 17.8 Å². The minimum atomic E-state index is -0.540. The van der Waals surface area contributed by atoms with Crippen LogP contribution in [0.5, 0.6) is 5.75 Å². The van der Waals surface area contributed by atoms with Gasteiger partial charge >= 0.3 is 5.97 Å². The van der Waals surface area contributed by atoms with Crippen LogP contribution in [0.1, 0.15) is 15.9 Å². The van der Waals surface area contributed by atoms with E-state index in [9.17, 15) is 9.59 Å². The van der Waals surface area contributed by atoms with E-state index in [1.807, 2.05) is 47.4 Å². The van der Waals surface area contributed by atoms with E-state index in [4.69, 9.17) is 9.47 Å². The largest absolute Gasteiger partial charge is 0.489 e. The second-order valence-electron chi connectivity index (χ2n) is 7.25. The molecule has 8 heteroatoms. The molecule has 4 rings (SSSR count). The van der Waals surface area contributed by atoms with Crippen LogP contribution in [0.4, 0.5) is 5.95 Å². The highest BCUT2D eigenvalue weighted by Gasteiger charge is 2.23. The number of carbonyl (C=O) groups excluding carboxylic acids is 2. The predicted molar refractivity (Wildman–Crippen MR) is 118 cm³/mol. The molecule has 0 radical (unpaired) electrons. The summed E-state index contributed by atoms with van der Waals surface area (Å²) in [6, 6.07) is 18.2. The van der Waals surface area contributed by atoms with E-state index in [0.717, 1.165) is 0 Å². The Hall–Kier alpha value is -3.94. The first-order valence-corrected chi connectivity index (χ1v) is 10.4. The third-order valence-electron chi connectivity index (χ3n) is 5.17. The van der Waals surface area contributed by atoms with Crippen molar-refractivity contribution in [3.8, 4) is 5.75 Å². The zero-order valence-corrected chi connectivity index (χ0v) is 17.6. The van der Waals surface area contributed by atoms with E-state index in [1.165, 1.54) is 0 Å². The van der Waals surface area contributed by atoms with Gasteiger partial charge in [0, 0.05) is 44.1 Å². The fourth-order valence-corrected chi connectivity index (χ4v) is 3.43. The van der Waals surface area contributed by atoms with Gasteiger partial charge in [-0.25, -0.2) is 14.8 Å². The fourth-order valence-electron chi connectivity index (χ4n) is 3.43. The summed E-state index contributed by atoms with van der Waals surface area (Å²) in [5.74, 6) is 0.609. The number of aromatic nitrogens is 2. The van der Waals surface area contributed by atoms with Crippen molar-refractivity contribution in [2.45, 2.75) is 6.61 Å². The standard InChI is InChI=1S/C24H24N4O4/c29-22(27-13-15-28(16-14-27)24-25-11-6-12-26-24)18-32-23(30)21-10-5-4-7-19(21)17-31-20-8-2-1-3-9-20/h1-12H,13-18H2. The molecule has 2 heterocycles. The molecular weight excluding hydrogens is 408 g/mol. The Labute approximate surface area is 186 Å². The summed E-state index contributed by atoms with van der Waals surface area (Å²) >= 11 is 0. The minimum absolute atomic E-state index is 0.218. The molecule has 0 spiro atoms. The predicted octanol–water partition coefficient (Wildman–Crippen LogP) is 2.56. The van der Waals surface area contributed by atoms with Crippen LogP contribution in [0.2, 0.25) is 0 Å². The maximum atomic E-state index is 12.6. The molecule has 8 nitrogen and oxygen atoms in total. The highest BCUT2D eigenvalue weighted by Crippen LogP contribution is 2.16. The Morgan fingerprint density at radius 3 is 2.28 bits per heavy atom. The molecule has 1 aromatic heterocycles. The smallest absolute Gasteiger partial charge is 0.339 e. The van der Waals surface area contributed by atoms with Gasteiger partial charge in [-0.3, -0.25) is 4.79 Å². The molecule has 32 heavy (non-hydrogen) atoms. The number of ether oxygens (including phenoxy) is 2. The second-order valence-corrected chi connectivity index (χ2v) is 7.25. The van der Waals surface area contributed by atoms with Crippen LogP contribution in [0.15, 0.2) is 73.1 Å². The topological polar surface area (TPSA) is 84.9 Å². The number of nitrogens with zero attached hydrogens (tertiary/aromatic N) is 4. The molecule has 1 fully saturated rings. The monoisotopic (exact) mass is 432 g/mol. The SMILES string of the molecule is O=C(OCC(=O)N1CCN(c2ncccn2)CC1)c1ccccc1COc1ccccc1. The van der Waals surface area contributed by atoms with E-state index in [0.29, 0.717) is 49.0 Å². The summed E-state index contributed by atoms with van der Waals surface area (Å²) in [5, 5.41) is 0. The molecule has 164 valence electrons. The number of para-hydroxylation sites is 1. The number of rotatable bonds is 7. The number of hydrogen-bond donors (Lipinski definition) is 0. The molecule has 1 aliphatic heterocycles. The van der Waals surface area contributed by atoms with Gasteiger partial charge in [-0.05, 0) is 24.3 Å². The summed E-state index contributed by atoms with van der Waals surface area (Å²) in [5.41, 5.74) is 1.09. The Bertz CT molecular complexity index is 1040. The lowest BCUT2D eigenvalue weighted by atomic mass is 10.1. The van der Waals surface area contributed by atoms with Crippen LogP contribution in [-0.2, 0) is 16.1 Å². The molecular formula is C24H24N4O4. The van der Waals surface area contributed by atoms with Crippen LogP contribution in [-0.4, -0.2) is 59.5 Å². The molecule has 2 aromatic carbocycles. The van der Waals surface area contributed by atoms with Crippen molar-refractivity contribution in [2.24, 2.45) is 0 Å². The van der Waals surface area contributed by atoms with Crippen LogP contribution in [0.25, 0.3) is 0 Å².